The van der Waals surface area contributed by atoms with Gasteiger partial charge in [-0.2, -0.15) is 0 Å². The third kappa shape index (κ3) is 4.39. The van der Waals surface area contributed by atoms with Crippen LogP contribution in [0.25, 0.3) is 0 Å². The van der Waals surface area contributed by atoms with Crippen LogP contribution >= 0.6 is 0 Å². The van der Waals surface area contributed by atoms with E-state index in [0.29, 0.717) is 5.56 Å². The Kier molecular flexibility index (Phi) is 6.06. The van der Waals surface area contributed by atoms with E-state index in [2.05, 4.69) is 6.92 Å². The minimum absolute atomic E-state index is 0.402. The first kappa shape index (κ1) is 15.2. The Morgan fingerprint density at radius 3 is 2.26 bits per heavy atom. The summed E-state index contributed by atoms with van der Waals surface area (Å²) in [6.07, 6.45) is 5.04. The van der Waals surface area contributed by atoms with Gasteiger partial charge in [0.2, 0.25) is 0 Å². The van der Waals surface area contributed by atoms with E-state index in [9.17, 15) is 9.59 Å². The highest BCUT2D eigenvalue weighted by atomic mass is 16.4. The van der Waals surface area contributed by atoms with Crippen LogP contribution in [0.1, 0.15) is 49.7 Å². The maximum atomic E-state index is 11.1. The van der Waals surface area contributed by atoms with E-state index in [1.807, 2.05) is 12.1 Å². The van der Waals surface area contributed by atoms with Crippen molar-refractivity contribution in [3.05, 3.63) is 35.4 Å². The van der Waals surface area contributed by atoms with Gasteiger partial charge in [0.1, 0.15) is 0 Å². The van der Waals surface area contributed by atoms with E-state index in [1.165, 1.54) is 0 Å². The van der Waals surface area contributed by atoms with E-state index < -0.39 is 17.9 Å². The zero-order valence-corrected chi connectivity index (χ0v) is 11.1. The van der Waals surface area contributed by atoms with Crippen LogP contribution in [0.15, 0.2) is 24.3 Å². The summed E-state index contributed by atoms with van der Waals surface area (Å²) in [7, 11) is 0. The molecule has 104 valence electrons. The van der Waals surface area contributed by atoms with Gasteiger partial charge in [-0.05, 0) is 24.0 Å². The Hall–Kier alpha value is -1.84. The number of benzene rings is 1. The molecule has 19 heavy (non-hydrogen) atoms. The first-order valence-electron chi connectivity index (χ1n) is 6.61. The Bertz CT molecular complexity index is 426. The number of rotatable bonds is 8. The highest BCUT2D eigenvalue weighted by Gasteiger charge is 2.29. The van der Waals surface area contributed by atoms with Gasteiger partial charge in [-0.25, -0.2) is 0 Å². The third-order valence-corrected chi connectivity index (χ3v) is 3.16. The number of carboxylic acids is 2. The molecule has 0 aliphatic carbocycles. The first-order valence-corrected chi connectivity index (χ1v) is 6.61. The average Bonchev–Trinajstić information content (AvgIpc) is 2.35. The molecule has 1 rings (SSSR count). The van der Waals surface area contributed by atoms with Crippen molar-refractivity contribution in [2.24, 2.45) is 0 Å². The van der Waals surface area contributed by atoms with Crippen LogP contribution in [0.5, 0.6) is 0 Å². The summed E-state index contributed by atoms with van der Waals surface area (Å²) in [6.45, 7) is 2.12. The second-order valence-electron chi connectivity index (χ2n) is 4.62. The number of aryl methyl sites for hydroxylation is 1. The van der Waals surface area contributed by atoms with Crippen molar-refractivity contribution in [2.75, 3.05) is 0 Å². The van der Waals surface area contributed by atoms with Gasteiger partial charge >= 0.3 is 11.9 Å². The molecule has 0 saturated heterocycles. The predicted molar refractivity (Wildman–Crippen MR) is 72.3 cm³/mol. The summed E-state index contributed by atoms with van der Waals surface area (Å²) < 4.78 is 0. The van der Waals surface area contributed by atoms with Crippen LogP contribution in [0.3, 0.4) is 0 Å². The molecular weight excluding hydrogens is 244 g/mol. The Morgan fingerprint density at radius 1 is 1.05 bits per heavy atom. The zero-order chi connectivity index (χ0) is 14.3. The lowest BCUT2D eigenvalue weighted by molar-refractivity contribution is -0.150. The van der Waals surface area contributed by atoms with Crippen molar-refractivity contribution in [1.29, 1.82) is 0 Å². The molecule has 4 nitrogen and oxygen atoms in total. The molecule has 0 heterocycles. The molecule has 2 N–H and O–H groups in total. The number of hydrogen-bond acceptors (Lipinski definition) is 2. The summed E-state index contributed by atoms with van der Waals surface area (Å²) in [5.41, 5.74) is 1.23. The van der Waals surface area contributed by atoms with Crippen LogP contribution in [0, 0.1) is 0 Å². The fraction of sp³-hybridized carbons (Fsp3) is 0.467. The Balaban J connectivity index is 2.87. The first-order chi connectivity index (χ1) is 9.07. The number of carbonyl (C=O) groups is 2. The van der Waals surface area contributed by atoms with Gasteiger partial charge in [-0.15, -0.1) is 0 Å². The highest BCUT2D eigenvalue weighted by Crippen LogP contribution is 2.23. The molecule has 0 bridgehead atoms. The topological polar surface area (TPSA) is 74.6 Å². The molecule has 0 aromatic heterocycles. The summed E-state index contributed by atoms with van der Waals surface area (Å²) in [5.74, 6) is -4.09. The van der Waals surface area contributed by atoms with Crippen LogP contribution < -0.4 is 0 Å². The molecule has 0 atom stereocenters. The third-order valence-electron chi connectivity index (χ3n) is 3.16. The summed E-state index contributed by atoms with van der Waals surface area (Å²) in [4.78, 5) is 22.2. The lowest BCUT2D eigenvalue weighted by atomic mass is 9.91. The average molecular weight is 264 g/mol. The molecular formula is C15H20O4. The molecule has 1 aromatic carbocycles. The molecule has 0 fully saturated rings. The molecule has 1 aromatic rings. The molecule has 0 spiro atoms. The maximum Gasteiger partial charge on any atom is 0.322 e. The standard InChI is InChI=1S/C15H20O4/c1-2-3-4-5-8-11-9-6-7-10-12(11)13(14(16)17)15(18)19/h6-7,9-10,13H,2-5,8H2,1H3,(H,16,17)(H,18,19). The summed E-state index contributed by atoms with van der Waals surface area (Å²) in [5, 5.41) is 18.1. The quantitative estimate of drug-likeness (QED) is 0.559. The molecule has 0 amide bonds. The molecule has 0 radical (unpaired) electrons. The molecule has 0 saturated carbocycles. The van der Waals surface area contributed by atoms with Crippen molar-refractivity contribution >= 4 is 11.9 Å². The van der Waals surface area contributed by atoms with Gasteiger partial charge in [0.05, 0.1) is 0 Å². The van der Waals surface area contributed by atoms with E-state index >= 15 is 0 Å². The molecule has 4 heteroatoms. The maximum absolute atomic E-state index is 11.1. The Morgan fingerprint density at radius 2 is 1.68 bits per heavy atom. The van der Waals surface area contributed by atoms with Crippen LogP contribution in [0.4, 0.5) is 0 Å². The van der Waals surface area contributed by atoms with Crippen LogP contribution in [0.2, 0.25) is 0 Å². The van der Waals surface area contributed by atoms with Gasteiger partial charge in [-0.1, -0.05) is 50.5 Å². The lowest BCUT2D eigenvalue weighted by Crippen LogP contribution is -2.22. The number of carboxylic acid groups (broad SMARTS) is 2. The van der Waals surface area contributed by atoms with Crippen molar-refractivity contribution in [3.63, 3.8) is 0 Å². The van der Waals surface area contributed by atoms with Gasteiger partial charge in [-0.3, -0.25) is 9.59 Å². The fourth-order valence-corrected chi connectivity index (χ4v) is 2.16. The van der Waals surface area contributed by atoms with E-state index in [1.54, 1.807) is 12.1 Å². The van der Waals surface area contributed by atoms with E-state index in [-0.39, 0.29) is 0 Å². The smallest absolute Gasteiger partial charge is 0.322 e. The summed E-state index contributed by atoms with van der Waals surface area (Å²) in [6, 6.07) is 6.92. The number of unbranched alkanes of at least 4 members (excludes halogenated alkanes) is 3. The minimum atomic E-state index is -1.47. The van der Waals surface area contributed by atoms with Crippen molar-refractivity contribution in [3.8, 4) is 0 Å². The van der Waals surface area contributed by atoms with E-state index in [0.717, 1.165) is 37.7 Å². The second kappa shape index (κ2) is 7.56. The SMILES string of the molecule is CCCCCCc1ccccc1C(C(=O)O)C(=O)O. The highest BCUT2D eigenvalue weighted by molar-refractivity contribution is 5.99. The normalized spacial score (nSPS) is 10.6. The molecule has 0 aliphatic heterocycles. The molecule has 0 unspecified atom stereocenters. The van der Waals surface area contributed by atoms with Gasteiger partial charge in [0, 0.05) is 0 Å². The largest absolute Gasteiger partial charge is 0.480 e. The van der Waals surface area contributed by atoms with Crippen molar-refractivity contribution < 1.29 is 19.8 Å². The number of aliphatic carboxylic acids is 2. The number of hydrogen-bond donors (Lipinski definition) is 2. The van der Waals surface area contributed by atoms with Gasteiger partial charge in [0.25, 0.3) is 0 Å². The minimum Gasteiger partial charge on any atom is -0.480 e. The van der Waals surface area contributed by atoms with Gasteiger partial charge < -0.3 is 10.2 Å². The zero-order valence-electron chi connectivity index (χ0n) is 11.1. The predicted octanol–water partition coefficient (Wildman–Crippen LogP) is 3.06. The van der Waals surface area contributed by atoms with Gasteiger partial charge in [0.15, 0.2) is 5.92 Å². The lowest BCUT2D eigenvalue weighted by Gasteiger charge is -2.13. The second-order valence-corrected chi connectivity index (χ2v) is 4.62. The van der Waals surface area contributed by atoms with Crippen LogP contribution in [-0.4, -0.2) is 22.2 Å². The van der Waals surface area contributed by atoms with Crippen LogP contribution in [-0.2, 0) is 16.0 Å². The fourth-order valence-electron chi connectivity index (χ4n) is 2.16. The molecule has 0 aliphatic rings. The van der Waals surface area contributed by atoms with Crippen molar-refractivity contribution in [1.82, 2.24) is 0 Å². The Labute approximate surface area is 113 Å². The monoisotopic (exact) mass is 264 g/mol. The van der Waals surface area contributed by atoms with E-state index in [4.69, 9.17) is 10.2 Å². The van der Waals surface area contributed by atoms with Crippen molar-refractivity contribution in [2.45, 2.75) is 44.9 Å². The summed E-state index contributed by atoms with van der Waals surface area (Å²) >= 11 is 0.